The fourth-order valence-corrected chi connectivity index (χ4v) is 2.52. The first-order valence-electron chi connectivity index (χ1n) is 8.94. The van der Waals surface area contributed by atoms with Crippen molar-refractivity contribution in [3.05, 3.63) is 40.4 Å². The molecular formula is C19H24N4O5. The van der Waals surface area contributed by atoms with E-state index in [4.69, 9.17) is 4.74 Å². The number of benzene rings is 1. The number of aryl methyl sites for hydroxylation is 1. The number of hydrogen-bond acceptors (Lipinski definition) is 6. The number of aromatic nitrogens is 2. The smallest absolute Gasteiger partial charge is 0.321 e. The Morgan fingerprint density at radius 3 is 2.54 bits per heavy atom. The molecule has 9 heteroatoms. The molecule has 2 N–H and O–H groups in total. The summed E-state index contributed by atoms with van der Waals surface area (Å²) >= 11 is 0. The molecule has 1 atom stereocenters. The number of para-hydroxylation sites is 1. The molecule has 1 aromatic heterocycles. The molecule has 1 aromatic carbocycles. The van der Waals surface area contributed by atoms with Gasteiger partial charge in [0, 0.05) is 19.5 Å². The van der Waals surface area contributed by atoms with Gasteiger partial charge in [-0.3, -0.25) is 24.3 Å². The van der Waals surface area contributed by atoms with Gasteiger partial charge < -0.3 is 10.1 Å². The van der Waals surface area contributed by atoms with E-state index < -0.39 is 24.0 Å². The predicted octanol–water partition coefficient (Wildman–Crippen LogP) is 1.03. The standard InChI is InChI=1S/C19H24N4O5/c1-11(2)20-19(27)22-17(25)12(3)28-16(24)10-9-15-21-14-8-6-5-7-13(14)18(26)23(15)4/h5-8,11-12H,9-10H2,1-4H3,(H2,20,22,25,27)/t12-/m0/s1. The zero-order chi connectivity index (χ0) is 20.8. The normalized spacial score (nSPS) is 11.9. The number of ether oxygens (including phenoxy) is 1. The van der Waals surface area contributed by atoms with Gasteiger partial charge >= 0.3 is 12.0 Å². The van der Waals surface area contributed by atoms with Crippen LogP contribution >= 0.6 is 0 Å². The van der Waals surface area contributed by atoms with E-state index in [1.165, 1.54) is 11.5 Å². The van der Waals surface area contributed by atoms with Crippen LogP contribution in [0.1, 0.15) is 33.0 Å². The first-order chi connectivity index (χ1) is 13.2. The molecule has 0 aliphatic rings. The summed E-state index contributed by atoms with van der Waals surface area (Å²) in [5.41, 5.74) is 0.357. The molecule has 0 aliphatic heterocycles. The van der Waals surface area contributed by atoms with Crippen LogP contribution in [0.4, 0.5) is 4.79 Å². The number of amides is 3. The maximum Gasteiger partial charge on any atom is 0.321 e. The van der Waals surface area contributed by atoms with Crippen molar-refractivity contribution in [2.24, 2.45) is 7.05 Å². The fourth-order valence-electron chi connectivity index (χ4n) is 2.52. The summed E-state index contributed by atoms with van der Waals surface area (Å²) in [7, 11) is 1.59. The zero-order valence-corrected chi connectivity index (χ0v) is 16.3. The molecule has 0 saturated carbocycles. The lowest BCUT2D eigenvalue weighted by molar-refractivity contribution is -0.154. The minimum atomic E-state index is -1.13. The number of nitrogens with one attached hydrogen (secondary N) is 2. The molecule has 0 spiro atoms. The number of rotatable bonds is 6. The van der Waals surface area contributed by atoms with Crippen LogP contribution in [-0.4, -0.2) is 39.6 Å². The first kappa shape index (κ1) is 21.1. The van der Waals surface area contributed by atoms with Gasteiger partial charge in [0.2, 0.25) is 0 Å². The fraction of sp³-hybridized carbons (Fsp3) is 0.421. The summed E-state index contributed by atoms with van der Waals surface area (Å²) in [6.07, 6.45) is -1.01. The molecule has 9 nitrogen and oxygen atoms in total. The minimum absolute atomic E-state index is 0.0611. The van der Waals surface area contributed by atoms with E-state index >= 15 is 0 Å². The van der Waals surface area contributed by atoms with Crippen LogP contribution in [0.2, 0.25) is 0 Å². The molecule has 3 amide bonds. The maximum absolute atomic E-state index is 12.4. The number of carbonyl (C=O) groups is 3. The Kier molecular flexibility index (Phi) is 6.86. The van der Waals surface area contributed by atoms with Gasteiger partial charge in [0.05, 0.1) is 17.3 Å². The van der Waals surface area contributed by atoms with Gasteiger partial charge in [-0.05, 0) is 32.9 Å². The Morgan fingerprint density at radius 1 is 1.18 bits per heavy atom. The predicted molar refractivity (Wildman–Crippen MR) is 103 cm³/mol. The molecule has 0 bridgehead atoms. The van der Waals surface area contributed by atoms with Gasteiger partial charge in [-0.1, -0.05) is 12.1 Å². The van der Waals surface area contributed by atoms with Crippen LogP contribution < -0.4 is 16.2 Å². The topological polar surface area (TPSA) is 119 Å². The number of urea groups is 1. The highest BCUT2D eigenvalue weighted by atomic mass is 16.5. The van der Waals surface area contributed by atoms with Crippen LogP contribution in [0.15, 0.2) is 29.1 Å². The second-order valence-corrected chi connectivity index (χ2v) is 6.66. The Hall–Kier alpha value is -3.23. The third-order valence-corrected chi connectivity index (χ3v) is 3.96. The van der Waals surface area contributed by atoms with Crippen LogP contribution in [-0.2, 0) is 27.8 Å². The SMILES string of the molecule is CC(C)NC(=O)NC(=O)[C@H](C)OC(=O)CCc1nc2ccccc2c(=O)n1C. The largest absolute Gasteiger partial charge is 0.453 e. The molecule has 28 heavy (non-hydrogen) atoms. The number of esters is 1. The highest BCUT2D eigenvalue weighted by Gasteiger charge is 2.20. The molecule has 0 fully saturated rings. The van der Waals surface area contributed by atoms with E-state index in [-0.39, 0.29) is 24.4 Å². The summed E-state index contributed by atoms with van der Waals surface area (Å²) < 4.78 is 6.44. The summed E-state index contributed by atoms with van der Waals surface area (Å²) in [4.78, 5) is 52.2. The highest BCUT2D eigenvalue weighted by Crippen LogP contribution is 2.09. The second-order valence-electron chi connectivity index (χ2n) is 6.66. The van der Waals surface area contributed by atoms with Crippen molar-refractivity contribution in [1.29, 1.82) is 0 Å². The average molecular weight is 388 g/mol. The molecule has 150 valence electrons. The van der Waals surface area contributed by atoms with Gasteiger partial charge in [-0.15, -0.1) is 0 Å². The monoisotopic (exact) mass is 388 g/mol. The van der Waals surface area contributed by atoms with Crippen molar-refractivity contribution in [1.82, 2.24) is 20.2 Å². The van der Waals surface area contributed by atoms with E-state index in [0.717, 1.165) is 0 Å². The molecule has 2 rings (SSSR count). The van der Waals surface area contributed by atoms with Crippen LogP contribution in [0, 0.1) is 0 Å². The lowest BCUT2D eigenvalue weighted by Crippen LogP contribution is -2.46. The van der Waals surface area contributed by atoms with Crippen molar-refractivity contribution in [3.63, 3.8) is 0 Å². The average Bonchev–Trinajstić information content (AvgIpc) is 2.62. The third-order valence-electron chi connectivity index (χ3n) is 3.96. The van der Waals surface area contributed by atoms with Crippen molar-refractivity contribution in [2.75, 3.05) is 0 Å². The van der Waals surface area contributed by atoms with Gasteiger partial charge in [-0.2, -0.15) is 0 Å². The number of carbonyl (C=O) groups excluding carboxylic acids is 3. The van der Waals surface area contributed by atoms with Gasteiger partial charge in [0.25, 0.3) is 11.5 Å². The Bertz CT molecular complexity index is 951. The number of hydrogen-bond donors (Lipinski definition) is 2. The van der Waals surface area contributed by atoms with E-state index in [2.05, 4.69) is 15.6 Å². The Balaban J connectivity index is 1.94. The highest BCUT2D eigenvalue weighted by molar-refractivity contribution is 5.97. The van der Waals surface area contributed by atoms with Crippen molar-refractivity contribution in [2.45, 2.75) is 45.8 Å². The number of nitrogens with zero attached hydrogens (tertiary/aromatic N) is 2. The summed E-state index contributed by atoms with van der Waals surface area (Å²) in [6.45, 7) is 4.88. The molecule has 2 aromatic rings. The van der Waals surface area contributed by atoms with Gasteiger partial charge in [0.1, 0.15) is 5.82 Å². The quantitative estimate of drug-likeness (QED) is 0.714. The lowest BCUT2D eigenvalue weighted by atomic mass is 10.2. The molecule has 0 saturated heterocycles. The van der Waals surface area contributed by atoms with E-state index in [0.29, 0.717) is 16.7 Å². The first-order valence-corrected chi connectivity index (χ1v) is 8.94. The maximum atomic E-state index is 12.4. The van der Waals surface area contributed by atoms with Gasteiger partial charge in [0.15, 0.2) is 6.10 Å². The van der Waals surface area contributed by atoms with E-state index in [1.54, 1.807) is 45.2 Å². The molecular weight excluding hydrogens is 364 g/mol. The van der Waals surface area contributed by atoms with E-state index in [9.17, 15) is 19.2 Å². The Labute approximate surface area is 162 Å². The second kappa shape index (κ2) is 9.12. The third kappa shape index (κ3) is 5.38. The lowest BCUT2D eigenvalue weighted by Gasteiger charge is -2.14. The van der Waals surface area contributed by atoms with Crippen LogP contribution in [0.5, 0.6) is 0 Å². The molecule has 0 unspecified atom stereocenters. The van der Waals surface area contributed by atoms with Crippen molar-refractivity contribution < 1.29 is 19.1 Å². The van der Waals surface area contributed by atoms with E-state index in [1.807, 2.05) is 0 Å². The zero-order valence-electron chi connectivity index (χ0n) is 16.3. The number of fused-ring (bicyclic) bond motifs is 1. The van der Waals surface area contributed by atoms with Crippen molar-refractivity contribution in [3.8, 4) is 0 Å². The summed E-state index contributed by atoms with van der Waals surface area (Å²) in [5, 5.41) is 5.11. The molecule has 1 heterocycles. The molecule has 0 radical (unpaired) electrons. The summed E-state index contributed by atoms with van der Waals surface area (Å²) in [6, 6.07) is 6.18. The van der Waals surface area contributed by atoms with Crippen LogP contribution in [0.25, 0.3) is 10.9 Å². The van der Waals surface area contributed by atoms with Gasteiger partial charge in [-0.25, -0.2) is 9.78 Å². The minimum Gasteiger partial charge on any atom is -0.453 e. The molecule has 0 aliphatic carbocycles. The van der Waals surface area contributed by atoms with Crippen molar-refractivity contribution >= 4 is 28.8 Å². The Morgan fingerprint density at radius 2 is 1.86 bits per heavy atom. The van der Waals surface area contributed by atoms with Crippen LogP contribution in [0.3, 0.4) is 0 Å². The number of imide groups is 1. The summed E-state index contributed by atoms with van der Waals surface area (Å²) in [5.74, 6) is -0.911.